The van der Waals surface area contributed by atoms with Gasteiger partial charge in [0.2, 0.25) is 0 Å². The Kier molecular flexibility index (Phi) is 19.8. The summed E-state index contributed by atoms with van der Waals surface area (Å²) in [6, 6.07) is -2.51. The van der Waals surface area contributed by atoms with Gasteiger partial charge in [0.15, 0.2) is 0 Å². The lowest BCUT2D eigenvalue weighted by atomic mass is 10.0. The van der Waals surface area contributed by atoms with Crippen LogP contribution in [0.4, 0.5) is 0 Å². The van der Waals surface area contributed by atoms with Gasteiger partial charge in [-0.05, 0) is 24.3 Å². The summed E-state index contributed by atoms with van der Waals surface area (Å²) in [7, 11) is 0. The van der Waals surface area contributed by atoms with Gasteiger partial charge in [0, 0.05) is 0 Å². The highest BCUT2D eigenvalue weighted by Gasteiger charge is 2.17. The maximum absolute atomic E-state index is 10.2. The molecule has 0 aliphatic heterocycles. The molecule has 0 heterocycles. The van der Waals surface area contributed by atoms with Crippen LogP contribution < -0.4 is 17.2 Å². The molecule has 25 heavy (non-hydrogen) atoms. The summed E-state index contributed by atoms with van der Waals surface area (Å²) in [5.41, 5.74) is 15.2. The summed E-state index contributed by atoms with van der Waals surface area (Å²) in [5.74, 6) is -2.12. The van der Waals surface area contributed by atoms with Crippen molar-refractivity contribution in [1.29, 1.82) is 0 Å². The Balaban J connectivity index is -0.000000293. The zero-order valence-corrected chi connectivity index (χ0v) is 15.6. The monoisotopic (exact) mass is 385 g/mol. The van der Waals surface area contributed by atoms with E-state index in [0.29, 0.717) is 6.42 Å². The molecule has 0 aromatic heterocycles. The smallest absolute Gasteiger partial charge is 0.322 e. The van der Waals surface area contributed by atoms with Crippen LogP contribution in [0.3, 0.4) is 0 Å². The summed E-state index contributed by atoms with van der Waals surface area (Å²) in [5, 5.41) is 32.5. The first-order valence-electron chi connectivity index (χ1n) is 7.50. The first-order chi connectivity index (χ1) is 11.5. The fraction of sp³-hybridized carbons (Fsp3) is 0.786. The van der Waals surface area contributed by atoms with Crippen LogP contribution >= 0.6 is 11.8 Å². The maximum Gasteiger partial charge on any atom is 0.322 e. The molecule has 4 unspecified atom stereocenters. The largest absolute Gasteiger partial charge is 0.480 e. The van der Waals surface area contributed by atoms with Gasteiger partial charge in [0.1, 0.15) is 18.1 Å². The molecule has 0 aliphatic rings. The summed E-state index contributed by atoms with van der Waals surface area (Å²) < 4.78 is 0. The van der Waals surface area contributed by atoms with Gasteiger partial charge in [-0.15, -0.1) is 0 Å². The van der Waals surface area contributed by atoms with E-state index in [1.807, 2.05) is 20.1 Å². The Hall–Kier alpha value is -1.40. The van der Waals surface area contributed by atoms with Crippen molar-refractivity contribution in [3.05, 3.63) is 0 Å². The van der Waals surface area contributed by atoms with Crippen molar-refractivity contribution in [2.24, 2.45) is 23.1 Å². The van der Waals surface area contributed by atoms with E-state index in [-0.39, 0.29) is 5.92 Å². The Bertz CT molecular complexity index is 385. The summed E-state index contributed by atoms with van der Waals surface area (Å²) in [6.45, 7) is 3.25. The van der Waals surface area contributed by atoms with E-state index >= 15 is 0 Å². The number of carboxylic acid groups (broad SMARTS) is 3. The second-order valence-electron chi connectivity index (χ2n) is 5.10. The van der Waals surface area contributed by atoms with Gasteiger partial charge in [-0.3, -0.25) is 14.4 Å². The number of aliphatic hydroxyl groups excluding tert-OH is 1. The second kappa shape index (κ2) is 17.4. The SMILES string of the molecule is CCC(C)C(N)C(=O)O.CSCCC(N)C(=O)O.NC(CO)C(=O)O. The molecule has 0 aromatic rings. The molecule has 10 nitrogen and oxygen atoms in total. The molecule has 150 valence electrons. The van der Waals surface area contributed by atoms with Crippen LogP contribution in [0.25, 0.3) is 0 Å². The van der Waals surface area contributed by atoms with Crippen molar-refractivity contribution in [3.8, 4) is 0 Å². The predicted octanol–water partition coefficient (Wildman–Crippen LogP) is -1.01. The van der Waals surface area contributed by atoms with Crippen LogP contribution in [0.5, 0.6) is 0 Å². The van der Waals surface area contributed by atoms with Gasteiger partial charge in [0.05, 0.1) is 6.61 Å². The number of thioether (sulfide) groups is 1. The molecule has 11 heteroatoms. The molecular formula is C14H31N3O7S. The summed E-state index contributed by atoms with van der Waals surface area (Å²) in [4.78, 5) is 29.9. The van der Waals surface area contributed by atoms with Gasteiger partial charge in [-0.1, -0.05) is 20.3 Å². The number of nitrogens with two attached hydrogens (primary N) is 3. The minimum absolute atomic E-state index is 0.0718. The first kappa shape index (κ1) is 28.4. The van der Waals surface area contributed by atoms with Crippen molar-refractivity contribution < 1.29 is 34.8 Å². The van der Waals surface area contributed by atoms with E-state index < -0.39 is 42.6 Å². The average molecular weight is 385 g/mol. The van der Waals surface area contributed by atoms with Crippen molar-refractivity contribution in [2.45, 2.75) is 44.8 Å². The van der Waals surface area contributed by atoms with Crippen molar-refractivity contribution in [2.75, 3.05) is 18.6 Å². The molecule has 0 rings (SSSR count). The van der Waals surface area contributed by atoms with Gasteiger partial charge in [0.25, 0.3) is 0 Å². The van der Waals surface area contributed by atoms with E-state index in [1.54, 1.807) is 11.8 Å². The molecule has 10 N–H and O–H groups in total. The molecule has 0 saturated heterocycles. The van der Waals surface area contributed by atoms with E-state index in [9.17, 15) is 14.4 Å². The molecule has 0 spiro atoms. The zero-order valence-electron chi connectivity index (χ0n) is 14.8. The van der Waals surface area contributed by atoms with Crippen LogP contribution in [0.1, 0.15) is 26.7 Å². The normalized spacial score (nSPS) is 14.5. The predicted molar refractivity (Wildman–Crippen MR) is 96.4 cm³/mol. The van der Waals surface area contributed by atoms with E-state index in [2.05, 4.69) is 0 Å². The van der Waals surface area contributed by atoms with Crippen LogP contribution in [-0.2, 0) is 14.4 Å². The number of carbonyl (C=O) groups is 3. The number of hydrogen-bond donors (Lipinski definition) is 7. The van der Waals surface area contributed by atoms with Gasteiger partial charge >= 0.3 is 17.9 Å². The highest BCUT2D eigenvalue weighted by molar-refractivity contribution is 7.98. The van der Waals surface area contributed by atoms with Crippen LogP contribution in [-0.4, -0.2) is 75.1 Å². The Labute approximate surface area is 151 Å². The van der Waals surface area contributed by atoms with Gasteiger partial charge in [-0.2, -0.15) is 11.8 Å². The first-order valence-corrected chi connectivity index (χ1v) is 8.90. The highest BCUT2D eigenvalue weighted by atomic mass is 32.2. The minimum Gasteiger partial charge on any atom is -0.480 e. The number of rotatable bonds is 9. The fourth-order valence-electron chi connectivity index (χ4n) is 0.944. The lowest BCUT2D eigenvalue weighted by Crippen LogP contribution is -2.36. The molecule has 0 aromatic carbocycles. The third kappa shape index (κ3) is 18.8. The van der Waals surface area contributed by atoms with Gasteiger partial charge in [-0.25, -0.2) is 0 Å². The standard InChI is InChI=1S/C6H13NO2.C5H11NO2S.C3H7NO3/c1-3-4(2)5(7)6(8)9;1-9-3-2-4(6)5(7)8;4-2(1-5)3(6)7/h4-5H,3,7H2,1-2H3,(H,8,9);4H,2-3,6H2,1H3,(H,7,8);2,5H,1,4H2,(H,6,7). The van der Waals surface area contributed by atoms with E-state index in [4.69, 9.17) is 37.6 Å². The van der Waals surface area contributed by atoms with Crippen molar-refractivity contribution >= 4 is 29.7 Å². The Morgan fingerprint density at radius 3 is 1.56 bits per heavy atom. The number of hydrogen-bond acceptors (Lipinski definition) is 8. The third-order valence-electron chi connectivity index (χ3n) is 3.01. The number of aliphatic hydroxyl groups is 1. The molecule has 0 fully saturated rings. The molecule has 0 saturated carbocycles. The minimum atomic E-state index is -1.18. The lowest BCUT2D eigenvalue weighted by molar-refractivity contribution is -0.140. The van der Waals surface area contributed by atoms with Crippen molar-refractivity contribution in [1.82, 2.24) is 0 Å². The molecule has 0 radical (unpaired) electrons. The highest BCUT2D eigenvalue weighted by Crippen LogP contribution is 2.04. The summed E-state index contributed by atoms with van der Waals surface area (Å²) >= 11 is 1.60. The maximum atomic E-state index is 10.2. The zero-order chi connectivity index (χ0) is 20.6. The summed E-state index contributed by atoms with van der Waals surface area (Å²) in [6.07, 6.45) is 3.29. The molecule has 0 aliphatic carbocycles. The van der Waals surface area contributed by atoms with E-state index in [1.165, 1.54) is 0 Å². The van der Waals surface area contributed by atoms with Crippen LogP contribution in [0, 0.1) is 5.92 Å². The number of carboxylic acids is 3. The lowest BCUT2D eigenvalue weighted by Gasteiger charge is -2.11. The second-order valence-corrected chi connectivity index (χ2v) is 6.09. The fourth-order valence-corrected chi connectivity index (χ4v) is 1.43. The Morgan fingerprint density at radius 2 is 1.40 bits per heavy atom. The number of aliphatic carboxylic acids is 3. The topological polar surface area (TPSA) is 210 Å². The Morgan fingerprint density at radius 1 is 0.960 bits per heavy atom. The average Bonchev–Trinajstić information content (AvgIpc) is 2.57. The quantitative estimate of drug-likeness (QED) is 0.255. The van der Waals surface area contributed by atoms with Crippen LogP contribution in [0.2, 0.25) is 0 Å². The third-order valence-corrected chi connectivity index (χ3v) is 3.65. The molecule has 4 atom stereocenters. The van der Waals surface area contributed by atoms with Gasteiger partial charge < -0.3 is 37.6 Å². The molecular weight excluding hydrogens is 354 g/mol. The molecule has 0 amide bonds. The molecule has 0 bridgehead atoms. The van der Waals surface area contributed by atoms with Crippen molar-refractivity contribution in [3.63, 3.8) is 0 Å². The van der Waals surface area contributed by atoms with E-state index in [0.717, 1.165) is 12.2 Å². The van der Waals surface area contributed by atoms with Crippen LogP contribution in [0.15, 0.2) is 0 Å².